The molecule has 8 heteroatoms. The fraction of sp³-hybridized carbons (Fsp3) is 0.158. The molecule has 1 fully saturated rings. The lowest BCUT2D eigenvalue weighted by atomic mass is 10.1. The molecule has 0 atom stereocenters. The highest BCUT2D eigenvalue weighted by molar-refractivity contribution is 14.1. The fourth-order valence-corrected chi connectivity index (χ4v) is 3.93. The van der Waals surface area contributed by atoms with Crippen LogP contribution in [0.4, 0.5) is 4.79 Å². The number of benzene rings is 2. The summed E-state index contributed by atoms with van der Waals surface area (Å²) in [6.45, 7) is 0.235. The topological polar surface area (TPSA) is 55.8 Å². The van der Waals surface area contributed by atoms with Crippen molar-refractivity contribution in [1.29, 1.82) is 0 Å². The molecule has 2 amide bonds. The third-order valence-electron chi connectivity index (χ3n) is 3.92. The zero-order valence-corrected chi connectivity index (χ0v) is 18.2. The van der Waals surface area contributed by atoms with Gasteiger partial charge in [0, 0.05) is 9.64 Å². The molecule has 3 rings (SSSR count). The van der Waals surface area contributed by atoms with Crippen molar-refractivity contribution >= 4 is 63.2 Å². The number of methoxy groups -OCH3 is 2. The first-order chi connectivity index (χ1) is 12.9. The summed E-state index contributed by atoms with van der Waals surface area (Å²) in [5, 5.41) is 0.0958. The second-order valence-electron chi connectivity index (χ2n) is 5.62. The average molecular weight is 516 g/mol. The molecule has 1 aliphatic heterocycles. The Kier molecular flexibility index (Phi) is 6.33. The van der Waals surface area contributed by atoms with Crippen LogP contribution in [0, 0.1) is 3.57 Å². The Hall–Kier alpha value is -1.71. The van der Waals surface area contributed by atoms with Crippen LogP contribution in [-0.2, 0) is 11.3 Å². The SMILES string of the molecule is COc1cc(Cl)c(/C=C2\SC(=O)N(Cc3ccc(I)cc3)C2=O)cc1OC. The van der Waals surface area contributed by atoms with Gasteiger partial charge in [-0.05, 0) is 69.8 Å². The fourth-order valence-electron chi connectivity index (χ4n) is 2.53. The Balaban J connectivity index is 1.87. The van der Waals surface area contributed by atoms with Gasteiger partial charge in [0.05, 0.1) is 30.7 Å². The lowest BCUT2D eigenvalue weighted by molar-refractivity contribution is -0.123. The minimum Gasteiger partial charge on any atom is -0.493 e. The molecule has 0 aromatic heterocycles. The van der Waals surface area contributed by atoms with E-state index in [0.717, 1.165) is 20.9 Å². The lowest BCUT2D eigenvalue weighted by Crippen LogP contribution is -2.27. The minimum atomic E-state index is -0.339. The van der Waals surface area contributed by atoms with E-state index in [4.69, 9.17) is 21.1 Å². The molecular weight excluding hydrogens is 501 g/mol. The number of imide groups is 1. The van der Waals surface area contributed by atoms with Gasteiger partial charge in [0.15, 0.2) is 11.5 Å². The van der Waals surface area contributed by atoms with E-state index in [2.05, 4.69) is 22.6 Å². The molecule has 0 unspecified atom stereocenters. The Morgan fingerprint density at radius 3 is 2.37 bits per heavy atom. The van der Waals surface area contributed by atoms with Crippen LogP contribution in [0.15, 0.2) is 41.3 Å². The molecule has 0 N–H and O–H groups in total. The quantitative estimate of drug-likeness (QED) is 0.405. The van der Waals surface area contributed by atoms with Gasteiger partial charge < -0.3 is 9.47 Å². The smallest absolute Gasteiger partial charge is 0.293 e. The summed E-state index contributed by atoms with van der Waals surface area (Å²) in [7, 11) is 3.04. The summed E-state index contributed by atoms with van der Waals surface area (Å²) in [5.74, 6) is 0.645. The first kappa shape index (κ1) is 20.0. The first-order valence-electron chi connectivity index (χ1n) is 7.84. The molecule has 0 radical (unpaired) electrons. The summed E-state index contributed by atoms with van der Waals surface area (Å²) < 4.78 is 11.6. The highest BCUT2D eigenvalue weighted by atomic mass is 127. The van der Waals surface area contributed by atoms with Crippen LogP contribution >= 0.6 is 46.0 Å². The first-order valence-corrected chi connectivity index (χ1v) is 10.1. The normalized spacial score (nSPS) is 15.6. The molecule has 2 aromatic rings. The van der Waals surface area contributed by atoms with Crippen molar-refractivity contribution in [3.8, 4) is 11.5 Å². The maximum Gasteiger partial charge on any atom is 0.293 e. The third-order valence-corrected chi connectivity index (χ3v) is 5.87. The summed E-state index contributed by atoms with van der Waals surface area (Å²) in [6, 6.07) is 11.0. The average Bonchev–Trinajstić information content (AvgIpc) is 2.92. The van der Waals surface area contributed by atoms with Gasteiger partial charge >= 0.3 is 0 Å². The van der Waals surface area contributed by atoms with Crippen LogP contribution in [0.25, 0.3) is 6.08 Å². The highest BCUT2D eigenvalue weighted by Crippen LogP contribution is 2.38. The number of nitrogens with zero attached hydrogens (tertiary/aromatic N) is 1. The number of carbonyl (C=O) groups is 2. The number of rotatable bonds is 5. The van der Waals surface area contributed by atoms with E-state index in [-0.39, 0.29) is 17.7 Å². The Labute approximate surface area is 179 Å². The van der Waals surface area contributed by atoms with Gasteiger partial charge in [0.25, 0.3) is 11.1 Å². The highest BCUT2D eigenvalue weighted by Gasteiger charge is 2.35. The molecule has 2 aromatic carbocycles. The van der Waals surface area contributed by atoms with E-state index >= 15 is 0 Å². The second-order valence-corrected chi connectivity index (χ2v) is 8.27. The molecule has 0 bridgehead atoms. The zero-order valence-electron chi connectivity index (χ0n) is 14.5. The van der Waals surface area contributed by atoms with Crippen LogP contribution in [0.1, 0.15) is 11.1 Å². The van der Waals surface area contributed by atoms with Gasteiger partial charge in [-0.3, -0.25) is 14.5 Å². The summed E-state index contributed by atoms with van der Waals surface area (Å²) in [4.78, 5) is 26.6. The number of carbonyl (C=O) groups excluding carboxylic acids is 2. The predicted octanol–water partition coefficient (Wildman–Crippen LogP) is 5.20. The zero-order chi connectivity index (χ0) is 19.6. The minimum absolute atomic E-state index is 0.235. The van der Waals surface area contributed by atoms with Crippen molar-refractivity contribution in [2.24, 2.45) is 0 Å². The molecule has 1 saturated heterocycles. The van der Waals surface area contributed by atoms with Crippen LogP contribution in [-0.4, -0.2) is 30.3 Å². The van der Waals surface area contributed by atoms with Crippen molar-refractivity contribution in [3.05, 3.63) is 61.0 Å². The number of hydrogen-bond donors (Lipinski definition) is 0. The van der Waals surface area contributed by atoms with Crippen molar-refractivity contribution in [1.82, 2.24) is 4.90 Å². The Morgan fingerprint density at radius 1 is 1.11 bits per heavy atom. The number of ether oxygens (including phenoxy) is 2. The molecule has 1 heterocycles. The predicted molar refractivity (Wildman–Crippen MR) is 115 cm³/mol. The number of thioether (sulfide) groups is 1. The maximum absolute atomic E-state index is 12.7. The number of amides is 2. The van der Waals surface area contributed by atoms with E-state index in [0.29, 0.717) is 27.0 Å². The van der Waals surface area contributed by atoms with Gasteiger partial charge in [-0.1, -0.05) is 23.7 Å². The molecule has 1 aliphatic rings. The van der Waals surface area contributed by atoms with Crippen LogP contribution in [0.2, 0.25) is 5.02 Å². The van der Waals surface area contributed by atoms with Gasteiger partial charge in [0.2, 0.25) is 0 Å². The third kappa shape index (κ3) is 4.41. The van der Waals surface area contributed by atoms with Gasteiger partial charge in [-0.2, -0.15) is 0 Å². The van der Waals surface area contributed by atoms with E-state index in [1.54, 1.807) is 18.2 Å². The van der Waals surface area contributed by atoms with Crippen molar-refractivity contribution in [2.45, 2.75) is 6.54 Å². The van der Waals surface area contributed by atoms with Crippen molar-refractivity contribution < 1.29 is 19.1 Å². The standard InChI is InChI=1S/C19H15ClINO4S/c1-25-15-7-12(14(20)9-16(15)26-2)8-17-18(23)22(19(24)27-17)10-11-3-5-13(21)6-4-11/h3-9H,10H2,1-2H3/b17-8-. The summed E-state index contributed by atoms with van der Waals surface area (Å²) >= 11 is 9.38. The number of halogens is 2. The Bertz CT molecular complexity index is 930. The molecule has 27 heavy (non-hydrogen) atoms. The second kappa shape index (κ2) is 8.53. The van der Waals surface area contributed by atoms with E-state index < -0.39 is 0 Å². The molecule has 0 saturated carbocycles. The van der Waals surface area contributed by atoms with Crippen LogP contribution < -0.4 is 9.47 Å². The van der Waals surface area contributed by atoms with Gasteiger partial charge in [-0.15, -0.1) is 0 Å². The van der Waals surface area contributed by atoms with E-state index in [1.165, 1.54) is 19.1 Å². The monoisotopic (exact) mass is 515 g/mol. The van der Waals surface area contributed by atoms with Gasteiger partial charge in [-0.25, -0.2) is 0 Å². The number of hydrogen-bond acceptors (Lipinski definition) is 5. The van der Waals surface area contributed by atoms with Crippen molar-refractivity contribution in [2.75, 3.05) is 14.2 Å². The molecule has 5 nitrogen and oxygen atoms in total. The van der Waals surface area contributed by atoms with Crippen molar-refractivity contribution in [3.63, 3.8) is 0 Å². The maximum atomic E-state index is 12.7. The Morgan fingerprint density at radius 2 is 1.74 bits per heavy atom. The summed E-state index contributed by atoms with van der Waals surface area (Å²) in [6.07, 6.45) is 1.60. The lowest BCUT2D eigenvalue weighted by Gasteiger charge is -2.12. The van der Waals surface area contributed by atoms with E-state index in [1.807, 2.05) is 24.3 Å². The molecular formula is C19H15ClINO4S. The largest absolute Gasteiger partial charge is 0.493 e. The van der Waals surface area contributed by atoms with Crippen LogP contribution in [0.5, 0.6) is 11.5 Å². The van der Waals surface area contributed by atoms with E-state index in [9.17, 15) is 9.59 Å². The summed E-state index contributed by atoms with van der Waals surface area (Å²) in [5.41, 5.74) is 1.47. The molecule has 140 valence electrons. The van der Waals surface area contributed by atoms with Gasteiger partial charge in [0.1, 0.15) is 0 Å². The molecule has 0 aliphatic carbocycles. The molecule has 0 spiro atoms. The van der Waals surface area contributed by atoms with Crippen LogP contribution in [0.3, 0.4) is 0 Å².